The number of aliphatic hydroxyl groups excluding tert-OH is 1. The van der Waals surface area contributed by atoms with Crippen LogP contribution in [-0.4, -0.2) is 22.3 Å². The van der Waals surface area contributed by atoms with Gasteiger partial charge in [0.25, 0.3) is 0 Å². The van der Waals surface area contributed by atoms with Gasteiger partial charge in [-0.2, -0.15) is 0 Å². The molecule has 0 saturated carbocycles. The van der Waals surface area contributed by atoms with Crippen molar-refractivity contribution in [2.24, 2.45) is 5.41 Å². The zero-order valence-corrected chi connectivity index (χ0v) is 13.5. The van der Waals surface area contributed by atoms with Crippen molar-refractivity contribution in [1.29, 1.82) is 0 Å². The number of aliphatic hydroxyl groups is 1. The molecule has 0 aromatic heterocycles. The van der Waals surface area contributed by atoms with Gasteiger partial charge >= 0.3 is 5.97 Å². The van der Waals surface area contributed by atoms with Crippen LogP contribution >= 0.6 is 0 Å². The standard InChI is InChI=1S/C18H30O3/c1-3-5-6-7-8-9-10-13-18(4-2)14-11-12-15(16(18)19)17(20)21/h11-12,14,16,19H,3-10,13H2,1-2H3,(H,20,21). The molecule has 2 atom stereocenters. The Morgan fingerprint density at radius 3 is 2.33 bits per heavy atom. The summed E-state index contributed by atoms with van der Waals surface area (Å²) >= 11 is 0. The van der Waals surface area contributed by atoms with Crippen molar-refractivity contribution < 1.29 is 15.0 Å². The quantitative estimate of drug-likeness (QED) is 0.585. The summed E-state index contributed by atoms with van der Waals surface area (Å²) in [5.41, 5.74) is -0.270. The normalized spacial score (nSPS) is 24.9. The van der Waals surface area contributed by atoms with Crippen LogP contribution in [0.5, 0.6) is 0 Å². The lowest BCUT2D eigenvalue weighted by molar-refractivity contribution is -0.134. The molecule has 0 aromatic rings. The number of aliphatic carboxylic acids is 1. The van der Waals surface area contributed by atoms with Crippen LogP contribution in [0.1, 0.15) is 71.6 Å². The third-order valence-corrected chi connectivity index (χ3v) is 4.69. The summed E-state index contributed by atoms with van der Waals surface area (Å²) in [5.74, 6) is -1.01. The van der Waals surface area contributed by atoms with Crippen molar-refractivity contribution in [1.82, 2.24) is 0 Å². The van der Waals surface area contributed by atoms with Gasteiger partial charge in [-0.15, -0.1) is 0 Å². The highest BCUT2D eigenvalue weighted by Gasteiger charge is 2.39. The Bertz CT molecular complexity index is 384. The first-order chi connectivity index (χ1) is 10.1. The monoisotopic (exact) mass is 294 g/mol. The molecule has 0 aliphatic heterocycles. The van der Waals surface area contributed by atoms with Crippen LogP contribution in [-0.2, 0) is 4.79 Å². The second-order valence-corrected chi connectivity index (χ2v) is 6.15. The highest BCUT2D eigenvalue weighted by molar-refractivity contribution is 5.88. The van der Waals surface area contributed by atoms with Gasteiger partial charge in [-0.05, 0) is 18.9 Å². The zero-order chi connectivity index (χ0) is 15.7. The van der Waals surface area contributed by atoms with Crippen molar-refractivity contribution in [2.75, 3.05) is 0 Å². The van der Waals surface area contributed by atoms with Crippen LogP contribution in [0.25, 0.3) is 0 Å². The van der Waals surface area contributed by atoms with Crippen molar-refractivity contribution in [3.05, 3.63) is 23.8 Å². The Labute approximate surface area is 128 Å². The van der Waals surface area contributed by atoms with Crippen LogP contribution in [0.4, 0.5) is 0 Å². The molecule has 0 fully saturated rings. The second-order valence-electron chi connectivity index (χ2n) is 6.15. The number of rotatable bonds is 10. The van der Waals surface area contributed by atoms with Gasteiger partial charge in [0.2, 0.25) is 0 Å². The third-order valence-electron chi connectivity index (χ3n) is 4.69. The molecule has 0 heterocycles. The molecule has 120 valence electrons. The van der Waals surface area contributed by atoms with Crippen LogP contribution < -0.4 is 0 Å². The van der Waals surface area contributed by atoms with Crippen LogP contribution in [0, 0.1) is 5.41 Å². The van der Waals surface area contributed by atoms with Crippen LogP contribution in [0.3, 0.4) is 0 Å². The minimum absolute atomic E-state index is 0.127. The Morgan fingerprint density at radius 2 is 1.76 bits per heavy atom. The molecule has 2 N–H and O–H groups in total. The van der Waals surface area contributed by atoms with Crippen molar-refractivity contribution in [3.8, 4) is 0 Å². The number of hydrogen-bond acceptors (Lipinski definition) is 2. The van der Waals surface area contributed by atoms with Gasteiger partial charge in [0.1, 0.15) is 0 Å². The molecule has 3 nitrogen and oxygen atoms in total. The predicted octanol–water partition coefficient (Wildman–Crippen LogP) is 4.47. The van der Waals surface area contributed by atoms with E-state index in [9.17, 15) is 9.90 Å². The smallest absolute Gasteiger partial charge is 0.334 e. The molecule has 0 bridgehead atoms. The van der Waals surface area contributed by atoms with E-state index in [1.807, 2.05) is 13.0 Å². The molecule has 1 aliphatic carbocycles. The molecule has 3 heteroatoms. The van der Waals surface area contributed by atoms with Gasteiger partial charge in [-0.1, -0.05) is 70.9 Å². The number of unbranched alkanes of at least 4 members (excludes halogenated alkanes) is 6. The van der Waals surface area contributed by atoms with Crippen molar-refractivity contribution >= 4 is 5.97 Å². The lowest BCUT2D eigenvalue weighted by Gasteiger charge is -2.37. The summed E-state index contributed by atoms with van der Waals surface area (Å²) < 4.78 is 0. The Balaban J connectivity index is 2.45. The van der Waals surface area contributed by atoms with E-state index in [1.54, 1.807) is 6.08 Å². The molecule has 0 amide bonds. The topological polar surface area (TPSA) is 57.5 Å². The molecule has 1 aliphatic rings. The van der Waals surface area contributed by atoms with E-state index in [0.717, 1.165) is 25.7 Å². The SMILES string of the molecule is CCCCCCCCCC1(CC)C=CC=C(C(=O)O)C1O. The predicted molar refractivity (Wildman–Crippen MR) is 86.2 cm³/mol. The van der Waals surface area contributed by atoms with Gasteiger partial charge in [0.15, 0.2) is 0 Å². The highest BCUT2D eigenvalue weighted by atomic mass is 16.4. The van der Waals surface area contributed by atoms with Gasteiger partial charge in [0.05, 0.1) is 11.7 Å². The molecule has 0 spiro atoms. The average Bonchev–Trinajstić information content (AvgIpc) is 2.47. The fourth-order valence-electron chi connectivity index (χ4n) is 3.14. The van der Waals surface area contributed by atoms with E-state index < -0.39 is 17.5 Å². The first kappa shape index (κ1) is 18.0. The summed E-state index contributed by atoms with van der Waals surface area (Å²) in [5, 5.41) is 19.6. The number of allylic oxidation sites excluding steroid dienone is 2. The maximum absolute atomic E-state index is 11.2. The van der Waals surface area contributed by atoms with E-state index in [0.29, 0.717) is 0 Å². The molecule has 21 heavy (non-hydrogen) atoms. The molecule has 0 aromatic carbocycles. The van der Waals surface area contributed by atoms with E-state index in [4.69, 9.17) is 5.11 Å². The number of hydrogen-bond donors (Lipinski definition) is 2. The van der Waals surface area contributed by atoms with Crippen molar-refractivity contribution in [2.45, 2.75) is 77.7 Å². The summed E-state index contributed by atoms with van der Waals surface area (Å²) in [7, 11) is 0. The highest BCUT2D eigenvalue weighted by Crippen LogP contribution is 2.40. The summed E-state index contributed by atoms with van der Waals surface area (Å²) in [6.45, 7) is 4.24. The zero-order valence-electron chi connectivity index (χ0n) is 13.5. The lowest BCUT2D eigenvalue weighted by Crippen LogP contribution is -2.38. The van der Waals surface area contributed by atoms with Gasteiger partial charge in [-0.25, -0.2) is 4.79 Å². The van der Waals surface area contributed by atoms with Crippen molar-refractivity contribution in [3.63, 3.8) is 0 Å². The first-order valence-corrected chi connectivity index (χ1v) is 8.38. The summed E-state index contributed by atoms with van der Waals surface area (Å²) in [6, 6.07) is 0. The van der Waals surface area contributed by atoms with E-state index in [-0.39, 0.29) is 5.57 Å². The van der Waals surface area contributed by atoms with Gasteiger partial charge < -0.3 is 10.2 Å². The molecular formula is C18H30O3. The third kappa shape index (κ3) is 4.99. The summed E-state index contributed by atoms with van der Waals surface area (Å²) in [4.78, 5) is 11.2. The minimum atomic E-state index is -1.01. The largest absolute Gasteiger partial charge is 0.478 e. The molecule has 0 saturated heterocycles. The first-order valence-electron chi connectivity index (χ1n) is 8.38. The van der Waals surface area contributed by atoms with E-state index in [1.165, 1.54) is 38.2 Å². The van der Waals surface area contributed by atoms with Crippen LogP contribution in [0.2, 0.25) is 0 Å². The number of carboxylic acid groups (broad SMARTS) is 1. The second kappa shape index (κ2) is 9.04. The molecule has 2 unspecified atom stereocenters. The number of carboxylic acids is 1. The van der Waals surface area contributed by atoms with E-state index >= 15 is 0 Å². The fraction of sp³-hybridized carbons (Fsp3) is 0.722. The maximum atomic E-state index is 11.2. The number of carbonyl (C=O) groups is 1. The average molecular weight is 294 g/mol. The Hall–Kier alpha value is -1.09. The van der Waals surface area contributed by atoms with Gasteiger partial charge in [0, 0.05) is 5.41 Å². The molecule has 0 radical (unpaired) electrons. The minimum Gasteiger partial charge on any atom is -0.478 e. The van der Waals surface area contributed by atoms with Gasteiger partial charge in [-0.3, -0.25) is 0 Å². The van der Waals surface area contributed by atoms with Crippen LogP contribution in [0.15, 0.2) is 23.8 Å². The fourth-order valence-corrected chi connectivity index (χ4v) is 3.14. The maximum Gasteiger partial charge on any atom is 0.334 e. The summed E-state index contributed by atoms with van der Waals surface area (Å²) in [6.07, 6.45) is 14.7. The molecular weight excluding hydrogens is 264 g/mol. The van der Waals surface area contributed by atoms with E-state index in [2.05, 4.69) is 6.92 Å². The Kier molecular flexibility index (Phi) is 7.73. The Morgan fingerprint density at radius 1 is 1.14 bits per heavy atom. The molecule has 1 rings (SSSR count). The lowest BCUT2D eigenvalue weighted by atomic mass is 9.70.